The molecule has 0 saturated carbocycles. The van der Waals surface area contributed by atoms with Gasteiger partial charge < -0.3 is 20.1 Å². The van der Waals surface area contributed by atoms with E-state index in [9.17, 15) is 14.3 Å². The minimum absolute atomic E-state index is 0.137. The zero-order valence-corrected chi connectivity index (χ0v) is 14.4. The molecule has 0 amide bonds. The van der Waals surface area contributed by atoms with Crippen molar-refractivity contribution in [2.24, 2.45) is 0 Å². The van der Waals surface area contributed by atoms with Gasteiger partial charge in [0.05, 0.1) is 6.61 Å². The van der Waals surface area contributed by atoms with Crippen molar-refractivity contribution in [3.8, 4) is 0 Å². The summed E-state index contributed by atoms with van der Waals surface area (Å²) in [4.78, 5) is 25.6. The Kier molecular flexibility index (Phi) is 4.31. The molecule has 0 spiro atoms. The Morgan fingerprint density at radius 1 is 1.62 bits per heavy atom. The van der Waals surface area contributed by atoms with E-state index in [-0.39, 0.29) is 12.4 Å². The lowest BCUT2D eigenvalue weighted by molar-refractivity contribution is -0.175. The van der Waals surface area contributed by atoms with Crippen molar-refractivity contribution in [2.45, 2.75) is 44.3 Å². The molecule has 1 aromatic rings. The van der Waals surface area contributed by atoms with Crippen molar-refractivity contribution in [3.05, 3.63) is 22.2 Å². The first-order valence-electron chi connectivity index (χ1n) is 7.44. The largest absolute Gasteiger partial charge is 0.472 e. The van der Waals surface area contributed by atoms with Gasteiger partial charge in [-0.1, -0.05) is 6.92 Å². The van der Waals surface area contributed by atoms with Gasteiger partial charge in [-0.3, -0.25) is 13.6 Å². The molecule has 3 rings (SSSR count). The summed E-state index contributed by atoms with van der Waals surface area (Å²) in [6.45, 7) is 3.74. The van der Waals surface area contributed by atoms with Crippen molar-refractivity contribution < 1.29 is 28.0 Å². The van der Waals surface area contributed by atoms with Crippen LogP contribution in [0, 0.1) is 6.92 Å². The number of phosphoric acid groups is 1. The van der Waals surface area contributed by atoms with Gasteiger partial charge in [-0.25, -0.2) is 9.36 Å². The number of fused-ring (bicyclic) bond motifs is 2. The molecule has 5 atom stereocenters. The first-order chi connectivity index (χ1) is 11.2. The molecule has 0 radical (unpaired) electrons. The van der Waals surface area contributed by atoms with E-state index in [1.54, 1.807) is 6.92 Å². The fourth-order valence-electron chi connectivity index (χ4n) is 3.05. The van der Waals surface area contributed by atoms with Crippen molar-refractivity contribution in [3.63, 3.8) is 0 Å². The van der Waals surface area contributed by atoms with E-state index in [1.165, 1.54) is 10.8 Å². The summed E-state index contributed by atoms with van der Waals surface area (Å²) in [6.07, 6.45) is -0.449. The van der Waals surface area contributed by atoms with Crippen LogP contribution in [0.25, 0.3) is 0 Å². The van der Waals surface area contributed by atoms with Crippen LogP contribution in [0.4, 0.5) is 5.82 Å². The topological polar surface area (TPSA) is 135 Å². The summed E-state index contributed by atoms with van der Waals surface area (Å²) in [6, 6.07) is 0. The lowest BCUT2D eigenvalue weighted by atomic mass is 9.96. The number of aromatic nitrogens is 2. The van der Waals surface area contributed by atoms with Gasteiger partial charge in [-0.2, -0.15) is 4.98 Å². The van der Waals surface area contributed by atoms with E-state index in [2.05, 4.69) is 9.51 Å². The fraction of sp³-hybridized carbons (Fsp3) is 0.692. The first-order valence-corrected chi connectivity index (χ1v) is 8.94. The molecule has 2 aliphatic rings. The predicted molar refractivity (Wildman–Crippen MR) is 82.2 cm³/mol. The number of nitrogens with zero attached hydrogens (tertiary/aromatic N) is 2. The van der Waals surface area contributed by atoms with Gasteiger partial charge in [-0.15, -0.1) is 0 Å². The number of nitrogens with two attached hydrogens (primary N) is 1. The van der Waals surface area contributed by atoms with Gasteiger partial charge in [0.25, 0.3) is 0 Å². The second-order valence-electron chi connectivity index (χ2n) is 5.88. The number of hydrogen-bond donors (Lipinski definition) is 2. The average Bonchev–Trinajstić information content (AvgIpc) is 3.03. The maximum Gasteiger partial charge on any atom is 0.472 e. The minimum atomic E-state index is -4.24. The Morgan fingerprint density at radius 2 is 2.33 bits per heavy atom. The Morgan fingerprint density at radius 3 is 2.96 bits per heavy atom. The van der Waals surface area contributed by atoms with Crippen LogP contribution in [-0.2, 0) is 23.1 Å². The standard InChI is InChI=1S/C13H20N3O7P/c1-4-13-6-21-8(9(13)23-24(18,19)20-3)11(22-13)16-5-7(2)10(14)15-12(16)17/h5,8-9,11H,4,6H2,1-3H3,(H,18,19)(H2,14,15,17)/t8?,9-,11-,13+/m1/s1. The zero-order chi connectivity index (χ0) is 17.7. The molecule has 3 N–H and O–H groups in total. The molecule has 2 aliphatic heterocycles. The lowest BCUT2D eigenvalue weighted by Crippen LogP contribution is -2.41. The van der Waals surface area contributed by atoms with Crippen molar-refractivity contribution in [1.82, 2.24) is 9.55 Å². The molecule has 2 saturated heterocycles. The molecular weight excluding hydrogens is 341 g/mol. The van der Waals surface area contributed by atoms with Crippen LogP contribution >= 0.6 is 7.82 Å². The first kappa shape index (κ1) is 17.5. The molecule has 3 heterocycles. The summed E-state index contributed by atoms with van der Waals surface area (Å²) in [5.41, 5.74) is 4.70. The van der Waals surface area contributed by atoms with E-state index in [1.807, 2.05) is 6.92 Å². The number of phosphoric ester groups is 1. The molecule has 0 aromatic carbocycles. The summed E-state index contributed by atoms with van der Waals surface area (Å²) in [5, 5.41) is 0. The van der Waals surface area contributed by atoms with Crippen molar-refractivity contribution in [1.29, 1.82) is 0 Å². The van der Waals surface area contributed by atoms with Gasteiger partial charge >= 0.3 is 13.5 Å². The predicted octanol–water partition coefficient (Wildman–Crippen LogP) is 0.342. The van der Waals surface area contributed by atoms with E-state index < -0.39 is 37.5 Å². The SMILES string of the molecule is CC[C@@]12COC([C@H](n3cc(C)c(N)nc3=O)O1)[C@H]2OP(=O)(O)OC. The molecule has 2 unspecified atom stereocenters. The summed E-state index contributed by atoms with van der Waals surface area (Å²) in [7, 11) is -3.17. The number of nitrogen functional groups attached to an aromatic ring is 1. The molecule has 10 nitrogen and oxygen atoms in total. The molecule has 2 fully saturated rings. The van der Waals surface area contributed by atoms with E-state index in [4.69, 9.17) is 19.7 Å². The molecule has 1 aromatic heterocycles. The van der Waals surface area contributed by atoms with Gasteiger partial charge in [0, 0.05) is 18.9 Å². The monoisotopic (exact) mass is 361 g/mol. The normalized spacial score (nSPS) is 34.4. The van der Waals surface area contributed by atoms with Gasteiger partial charge in [0.2, 0.25) is 0 Å². The lowest BCUT2D eigenvalue weighted by Gasteiger charge is -2.30. The van der Waals surface area contributed by atoms with Crippen LogP contribution in [0.15, 0.2) is 11.0 Å². The highest BCUT2D eigenvalue weighted by Gasteiger charge is 2.63. The molecule has 134 valence electrons. The van der Waals surface area contributed by atoms with Gasteiger partial charge in [-0.05, 0) is 13.3 Å². The Hall–Kier alpha value is -1.29. The Bertz CT molecular complexity index is 754. The third kappa shape index (κ3) is 2.69. The quantitative estimate of drug-likeness (QED) is 0.712. The highest BCUT2D eigenvalue weighted by atomic mass is 31.2. The maximum atomic E-state index is 12.2. The summed E-state index contributed by atoms with van der Waals surface area (Å²) >= 11 is 0. The van der Waals surface area contributed by atoms with E-state index >= 15 is 0 Å². The number of anilines is 1. The Labute approximate surface area is 138 Å². The van der Waals surface area contributed by atoms with Crippen LogP contribution in [0.2, 0.25) is 0 Å². The van der Waals surface area contributed by atoms with Crippen LogP contribution in [0.5, 0.6) is 0 Å². The maximum absolute atomic E-state index is 12.2. The van der Waals surface area contributed by atoms with E-state index in [0.717, 1.165) is 7.11 Å². The average molecular weight is 361 g/mol. The molecule has 24 heavy (non-hydrogen) atoms. The highest BCUT2D eigenvalue weighted by molar-refractivity contribution is 7.47. The zero-order valence-electron chi connectivity index (χ0n) is 13.5. The van der Waals surface area contributed by atoms with Crippen LogP contribution in [0.1, 0.15) is 25.1 Å². The van der Waals surface area contributed by atoms with Crippen molar-refractivity contribution in [2.75, 3.05) is 19.5 Å². The van der Waals surface area contributed by atoms with Gasteiger partial charge in [0.15, 0.2) is 6.23 Å². The second kappa shape index (κ2) is 5.91. The summed E-state index contributed by atoms with van der Waals surface area (Å²) < 4.78 is 34.5. The second-order valence-corrected chi connectivity index (χ2v) is 7.39. The fourth-order valence-corrected chi connectivity index (χ4v) is 3.74. The number of hydrogen-bond acceptors (Lipinski definition) is 8. The van der Waals surface area contributed by atoms with Crippen LogP contribution in [-0.4, -0.2) is 46.0 Å². The molecular formula is C13H20N3O7P. The smallest absolute Gasteiger partial charge is 0.383 e. The highest BCUT2D eigenvalue weighted by Crippen LogP contribution is 2.54. The number of aryl methyl sites for hydroxylation is 1. The minimum Gasteiger partial charge on any atom is -0.383 e. The molecule has 11 heteroatoms. The summed E-state index contributed by atoms with van der Waals surface area (Å²) in [5.74, 6) is 0.137. The van der Waals surface area contributed by atoms with Crippen molar-refractivity contribution >= 4 is 13.6 Å². The third-order valence-corrected chi connectivity index (χ3v) is 5.45. The number of ether oxygens (including phenoxy) is 2. The van der Waals surface area contributed by atoms with E-state index in [0.29, 0.717) is 12.0 Å². The number of rotatable bonds is 5. The Balaban J connectivity index is 1.98. The van der Waals surface area contributed by atoms with Gasteiger partial charge in [0.1, 0.15) is 23.6 Å². The van der Waals surface area contributed by atoms with Crippen LogP contribution < -0.4 is 11.4 Å². The molecule has 0 aliphatic carbocycles. The molecule has 2 bridgehead atoms. The van der Waals surface area contributed by atoms with Crippen LogP contribution in [0.3, 0.4) is 0 Å². The third-order valence-electron chi connectivity index (χ3n) is 4.50.